The predicted octanol–water partition coefficient (Wildman–Crippen LogP) is 3.56. The van der Waals surface area contributed by atoms with Gasteiger partial charge in [-0.25, -0.2) is 14.4 Å². The van der Waals surface area contributed by atoms with Gasteiger partial charge < -0.3 is 15.2 Å². The first kappa shape index (κ1) is 20.1. The number of benzene rings is 1. The van der Waals surface area contributed by atoms with E-state index in [0.29, 0.717) is 24.5 Å². The van der Waals surface area contributed by atoms with E-state index in [9.17, 15) is 14.0 Å². The van der Waals surface area contributed by atoms with Crippen LogP contribution >= 0.6 is 11.8 Å². The summed E-state index contributed by atoms with van der Waals surface area (Å²) in [6.07, 6.45) is 4.77. The summed E-state index contributed by atoms with van der Waals surface area (Å²) in [5.74, 6) is -0.226. The summed E-state index contributed by atoms with van der Waals surface area (Å²) in [7, 11) is 0. The molecule has 1 aromatic carbocycles. The molecule has 0 radical (unpaired) electrons. The molecule has 1 fully saturated rings. The van der Waals surface area contributed by atoms with Crippen LogP contribution in [0.5, 0.6) is 0 Å². The van der Waals surface area contributed by atoms with Gasteiger partial charge in [-0.1, -0.05) is 11.8 Å². The number of aromatic amines is 1. The predicted molar refractivity (Wildman–Crippen MR) is 113 cm³/mol. The summed E-state index contributed by atoms with van der Waals surface area (Å²) in [5.41, 5.74) is 2.99. The maximum atomic E-state index is 13.3. The monoisotopic (exact) mass is 425 g/mol. The molecule has 7 nitrogen and oxygen atoms in total. The molecule has 0 spiro atoms. The summed E-state index contributed by atoms with van der Waals surface area (Å²) in [4.78, 5) is 37.7. The van der Waals surface area contributed by atoms with Gasteiger partial charge in [0, 0.05) is 30.3 Å². The number of likely N-dealkylation sites (tertiary alicyclic amines) is 1. The zero-order chi connectivity index (χ0) is 21.1. The van der Waals surface area contributed by atoms with Gasteiger partial charge in [0.25, 0.3) is 0 Å². The largest absolute Gasteiger partial charge is 0.333 e. The Labute approximate surface area is 177 Å². The van der Waals surface area contributed by atoms with Gasteiger partial charge >= 0.3 is 0 Å². The molecule has 2 N–H and O–H groups in total. The lowest BCUT2D eigenvalue weighted by Gasteiger charge is -2.14. The summed E-state index contributed by atoms with van der Waals surface area (Å²) < 4.78 is 13.3. The van der Waals surface area contributed by atoms with Gasteiger partial charge in [-0.2, -0.15) is 0 Å². The molecule has 4 rings (SSSR count). The molecule has 3 aromatic rings. The van der Waals surface area contributed by atoms with Crippen molar-refractivity contribution in [2.75, 3.05) is 24.7 Å². The average Bonchev–Trinajstić information content (AvgIpc) is 3.35. The number of halogens is 1. The van der Waals surface area contributed by atoms with Crippen LogP contribution in [0.15, 0.2) is 47.8 Å². The fourth-order valence-electron chi connectivity index (χ4n) is 3.36. The maximum absolute atomic E-state index is 13.3. The van der Waals surface area contributed by atoms with E-state index in [1.165, 1.54) is 23.9 Å². The molecule has 2 amide bonds. The summed E-state index contributed by atoms with van der Waals surface area (Å²) >= 11 is 1.47. The topological polar surface area (TPSA) is 91.0 Å². The quantitative estimate of drug-likeness (QED) is 0.590. The summed E-state index contributed by atoms with van der Waals surface area (Å²) in [6, 6.07) is 9.71. The molecule has 1 saturated heterocycles. The molecule has 1 aliphatic rings. The Bertz CT molecular complexity index is 1080. The molecule has 154 valence electrons. The number of hydrogen-bond donors (Lipinski definition) is 2. The SMILES string of the molecule is CSc1nc(-c2ccnc(NC(=O)CN3CCCC3=O)c2)c(-c2ccc(F)cc2)[nH]1. The van der Waals surface area contributed by atoms with Crippen LogP contribution < -0.4 is 5.32 Å². The van der Waals surface area contributed by atoms with Crippen LogP contribution in [-0.4, -0.2) is 51.0 Å². The Morgan fingerprint density at radius 1 is 1.27 bits per heavy atom. The van der Waals surface area contributed by atoms with Gasteiger partial charge in [-0.15, -0.1) is 0 Å². The second-order valence-corrected chi connectivity index (χ2v) is 7.67. The van der Waals surface area contributed by atoms with E-state index in [4.69, 9.17) is 0 Å². The Morgan fingerprint density at radius 2 is 2.07 bits per heavy atom. The number of nitrogens with one attached hydrogen (secondary N) is 2. The van der Waals surface area contributed by atoms with Crippen molar-refractivity contribution in [3.63, 3.8) is 0 Å². The fraction of sp³-hybridized carbons (Fsp3) is 0.238. The lowest BCUT2D eigenvalue weighted by molar-refractivity contribution is -0.131. The number of carbonyl (C=O) groups excluding carboxylic acids is 2. The van der Waals surface area contributed by atoms with Crippen molar-refractivity contribution in [3.05, 3.63) is 48.4 Å². The molecule has 3 heterocycles. The van der Waals surface area contributed by atoms with Gasteiger partial charge in [-0.3, -0.25) is 9.59 Å². The number of amides is 2. The molecule has 2 aromatic heterocycles. The average molecular weight is 425 g/mol. The van der Waals surface area contributed by atoms with E-state index in [1.54, 1.807) is 35.4 Å². The van der Waals surface area contributed by atoms with E-state index >= 15 is 0 Å². The van der Waals surface area contributed by atoms with Gasteiger partial charge in [0.15, 0.2) is 5.16 Å². The number of imidazole rings is 1. The molecule has 9 heteroatoms. The molecule has 30 heavy (non-hydrogen) atoms. The first-order valence-corrected chi connectivity index (χ1v) is 10.7. The molecule has 1 aliphatic heterocycles. The Morgan fingerprint density at radius 3 is 2.77 bits per heavy atom. The Kier molecular flexibility index (Phi) is 5.80. The van der Waals surface area contributed by atoms with Crippen LogP contribution in [0.1, 0.15) is 12.8 Å². The molecule has 0 saturated carbocycles. The van der Waals surface area contributed by atoms with Gasteiger partial charge in [-0.05, 0) is 49.1 Å². The minimum absolute atomic E-state index is 0.00285. The third-order valence-electron chi connectivity index (χ3n) is 4.82. The Balaban J connectivity index is 1.59. The van der Waals surface area contributed by atoms with Crippen LogP contribution in [0.3, 0.4) is 0 Å². The molecule has 0 atom stereocenters. The van der Waals surface area contributed by atoms with Crippen molar-refractivity contribution in [3.8, 4) is 22.5 Å². The number of rotatable bonds is 6. The summed E-state index contributed by atoms with van der Waals surface area (Å²) in [6.45, 7) is 0.621. The number of thioether (sulfide) groups is 1. The Hall–Kier alpha value is -3.20. The fourth-order valence-corrected chi connectivity index (χ4v) is 3.74. The van der Waals surface area contributed by atoms with Crippen molar-refractivity contribution in [1.82, 2.24) is 19.9 Å². The van der Waals surface area contributed by atoms with Crippen molar-refractivity contribution in [1.29, 1.82) is 0 Å². The van der Waals surface area contributed by atoms with Crippen LogP contribution in [0.2, 0.25) is 0 Å². The first-order chi connectivity index (χ1) is 14.5. The highest BCUT2D eigenvalue weighted by Gasteiger charge is 2.22. The maximum Gasteiger partial charge on any atom is 0.245 e. The van der Waals surface area contributed by atoms with Crippen LogP contribution in [0, 0.1) is 5.82 Å². The third-order valence-corrected chi connectivity index (χ3v) is 5.40. The standard InChI is InChI=1S/C21H20FN5O2S/c1-30-21-25-19(13-4-6-15(22)7-5-13)20(26-21)14-8-9-23-16(11-14)24-17(28)12-27-10-2-3-18(27)29/h4-9,11H,2-3,10,12H2,1H3,(H,25,26)(H,23,24,28). The second kappa shape index (κ2) is 8.66. The number of carbonyl (C=O) groups is 2. The minimum Gasteiger partial charge on any atom is -0.333 e. The van der Waals surface area contributed by atoms with Crippen molar-refractivity contribution in [2.24, 2.45) is 0 Å². The smallest absolute Gasteiger partial charge is 0.245 e. The number of H-pyrrole nitrogens is 1. The lowest BCUT2D eigenvalue weighted by Crippen LogP contribution is -2.34. The van der Waals surface area contributed by atoms with Crippen LogP contribution in [-0.2, 0) is 9.59 Å². The summed E-state index contributed by atoms with van der Waals surface area (Å²) in [5, 5.41) is 3.47. The normalized spacial score (nSPS) is 13.7. The number of pyridine rings is 1. The first-order valence-electron chi connectivity index (χ1n) is 9.47. The van der Waals surface area contributed by atoms with E-state index in [-0.39, 0.29) is 24.2 Å². The van der Waals surface area contributed by atoms with E-state index in [2.05, 4.69) is 20.3 Å². The van der Waals surface area contributed by atoms with Gasteiger partial charge in [0.2, 0.25) is 11.8 Å². The third kappa shape index (κ3) is 4.35. The molecule has 0 unspecified atom stereocenters. The minimum atomic E-state index is -0.310. The number of aromatic nitrogens is 3. The van der Waals surface area contributed by atoms with Gasteiger partial charge in [0.1, 0.15) is 11.6 Å². The van der Waals surface area contributed by atoms with E-state index in [1.807, 2.05) is 6.26 Å². The van der Waals surface area contributed by atoms with Crippen molar-refractivity contribution in [2.45, 2.75) is 18.0 Å². The van der Waals surface area contributed by atoms with Crippen LogP contribution in [0.25, 0.3) is 22.5 Å². The highest BCUT2D eigenvalue weighted by Crippen LogP contribution is 2.33. The van der Waals surface area contributed by atoms with Crippen molar-refractivity contribution < 1.29 is 14.0 Å². The lowest BCUT2D eigenvalue weighted by atomic mass is 10.1. The van der Waals surface area contributed by atoms with Crippen LogP contribution in [0.4, 0.5) is 10.2 Å². The highest BCUT2D eigenvalue weighted by atomic mass is 32.2. The molecular formula is C21H20FN5O2S. The highest BCUT2D eigenvalue weighted by molar-refractivity contribution is 7.98. The van der Waals surface area contributed by atoms with Gasteiger partial charge in [0.05, 0.1) is 17.9 Å². The molecule has 0 bridgehead atoms. The number of hydrogen-bond acceptors (Lipinski definition) is 5. The van der Waals surface area contributed by atoms with E-state index in [0.717, 1.165) is 28.4 Å². The molecular weight excluding hydrogens is 405 g/mol. The molecule has 0 aliphatic carbocycles. The second-order valence-electron chi connectivity index (χ2n) is 6.87. The van der Waals surface area contributed by atoms with Crippen molar-refractivity contribution >= 4 is 29.4 Å². The van der Waals surface area contributed by atoms with E-state index < -0.39 is 0 Å². The number of nitrogens with zero attached hydrogens (tertiary/aromatic N) is 3. The zero-order valence-corrected chi connectivity index (χ0v) is 17.1. The zero-order valence-electron chi connectivity index (χ0n) is 16.3. The number of anilines is 1.